The summed E-state index contributed by atoms with van der Waals surface area (Å²) in [5.74, 6) is -0.526. The number of aryl methyl sites for hydroxylation is 1. The van der Waals surface area contributed by atoms with Gasteiger partial charge in [0.2, 0.25) is 0 Å². The minimum absolute atomic E-state index is 0.0387. The van der Waals surface area contributed by atoms with Crippen molar-refractivity contribution in [1.82, 2.24) is 10.3 Å². The van der Waals surface area contributed by atoms with Gasteiger partial charge in [-0.2, -0.15) is 0 Å². The summed E-state index contributed by atoms with van der Waals surface area (Å²) >= 11 is 5.63. The topological polar surface area (TPSA) is 54.0 Å². The third kappa shape index (κ3) is 3.93. The van der Waals surface area contributed by atoms with Crippen LogP contribution < -0.4 is 10.6 Å². The van der Waals surface area contributed by atoms with Crippen LogP contribution in [-0.4, -0.2) is 11.0 Å². The second-order valence-electron chi connectivity index (χ2n) is 4.21. The van der Waals surface area contributed by atoms with Crippen molar-refractivity contribution in [3.63, 3.8) is 0 Å². The molecule has 1 heterocycles. The molecule has 0 aliphatic rings. The van der Waals surface area contributed by atoms with Crippen LogP contribution in [0.1, 0.15) is 11.4 Å². The Morgan fingerprint density at radius 2 is 2.15 bits per heavy atom. The Morgan fingerprint density at radius 3 is 2.85 bits per heavy atom. The van der Waals surface area contributed by atoms with Crippen LogP contribution in [-0.2, 0) is 6.54 Å². The van der Waals surface area contributed by atoms with E-state index in [1.165, 1.54) is 18.2 Å². The van der Waals surface area contributed by atoms with E-state index in [1.54, 1.807) is 0 Å². The molecular weight excluding hydrogens is 281 g/mol. The minimum atomic E-state index is -0.526. The van der Waals surface area contributed by atoms with Gasteiger partial charge in [0.1, 0.15) is 5.82 Å². The van der Waals surface area contributed by atoms with Crippen molar-refractivity contribution in [1.29, 1.82) is 0 Å². The molecule has 1 aromatic carbocycles. The van der Waals surface area contributed by atoms with Gasteiger partial charge in [0.05, 0.1) is 17.3 Å². The number of rotatable bonds is 3. The van der Waals surface area contributed by atoms with E-state index in [0.717, 1.165) is 11.4 Å². The van der Waals surface area contributed by atoms with Gasteiger partial charge in [0.15, 0.2) is 0 Å². The average molecular weight is 294 g/mol. The molecule has 0 aliphatic carbocycles. The molecule has 0 unspecified atom stereocenters. The van der Waals surface area contributed by atoms with Crippen LogP contribution in [0.15, 0.2) is 36.4 Å². The summed E-state index contributed by atoms with van der Waals surface area (Å²) in [6.45, 7) is 2.19. The molecule has 0 fully saturated rings. The van der Waals surface area contributed by atoms with Crippen molar-refractivity contribution in [3.8, 4) is 0 Å². The first kappa shape index (κ1) is 14.3. The van der Waals surface area contributed by atoms with Crippen LogP contribution in [0.25, 0.3) is 0 Å². The Morgan fingerprint density at radius 1 is 1.35 bits per heavy atom. The fraction of sp³-hybridized carbons (Fsp3) is 0.143. The first-order chi connectivity index (χ1) is 9.54. The third-order valence-corrected chi connectivity index (χ3v) is 2.84. The zero-order chi connectivity index (χ0) is 14.5. The summed E-state index contributed by atoms with van der Waals surface area (Å²) < 4.78 is 13.0. The highest BCUT2D eigenvalue weighted by atomic mass is 35.5. The second kappa shape index (κ2) is 6.34. The van der Waals surface area contributed by atoms with E-state index in [4.69, 9.17) is 11.6 Å². The first-order valence-corrected chi connectivity index (χ1v) is 6.35. The lowest BCUT2D eigenvalue weighted by Gasteiger charge is -2.08. The molecule has 104 valence electrons. The zero-order valence-corrected chi connectivity index (χ0v) is 11.5. The highest BCUT2D eigenvalue weighted by Gasteiger charge is 2.05. The lowest BCUT2D eigenvalue weighted by atomic mass is 10.3. The number of halogens is 2. The Bertz CT molecular complexity index is 634. The molecule has 0 saturated heterocycles. The monoisotopic (exact) mass is 293 g/mol. The van der Waals surface area contributed by atoms with E-state index in [1.807, 2.05) is 25.1 Å². The highest BCUT2D eigenvalue weighted by molar-refractivity contribution is 6.31. The van der Waals surface area contributed by atoms with Crippen molar-refractivity contribution >= 4 is 23.3 Å². The van der Waals surface area contributed by atoms with Crippen molar-refractivity contribution in [2.75, 3.05) is 5.32 Å². The second-order valence-corrected chi connectivity index (χ2v) is 4.61. The fourth-order valence-electron chi connectivity index (χ4n) is 1.62. The Balaban J connectivity index is 1.91. The molecule has 0 spiro atoms. The molecule has 0 radical (unpaired) electrons. The van der Waals surface area contributed by atoms with Gasteiger partial charge < -0.3 is 10.6 Å². The Hall–Kier alpha value is -2.14. The van der Waals surface area contributed by atoms with Gasteiger partial charge in [-0.15, -0.1) is 0 Å². The van der Waals surface area contributed by atoms with Gasteiger partial charge in [-0.25, -0.2) is 9.18 Å². The number of benzene rings is 1. The third-order valence-electron chi connectivity index (χ3n) is 2.55. The summed E-state index contributed by atoms with van der Waals surface area (Å²) in [5, 5.41) is 5.19. The van der Waals surface area contributed by atoms with Crippen molar-refractivity contribution in [3.05, 3.63) is 58.6 Å². The molecule has 0 atom stereocenters. The van der Waals surface area contributed by atoms with Crippen molar-refractivity contribution < 1.29 is 9.18 Å². The maximum absolute atomic E-state index is 13.0. The van der Waals surface area contributed by atoms with E-state index in [9.17, 15) is 9.18 Å². The number of pyridine rings is 1. The number of hydrogen-bond acceptors (Lipinski definition) is 2. The number of amides is 2. The molecular formula is C14H13ClFN3O. The van der Waals surface area contributed by atoms with Crippen molar-refractivity contribution in [2.45, 2.75) is 13.5 Å². The quantitative estimate of drug-likeness (QED) is 0.910. The van der Waals surface area contributed by atoms with Gasteiger partial charge in [0, 0.05) is 11.4 Å². The summed E-state index contributed by atoms with van der Waals surface area (Å²) in [7, 11) is 0. The van der Waals surface area contributed by atoms with E-state index >= 15 is 0 Å². The normalized spacial score (nSPS) is 10.2. The summed E-state index contributed by atoms with van der Waals surface area (Å²) in [6, 6.07) is 9.15. The molecule has 4 nitrogen and oxygen atoms in total. The molecule has 2 amide bonds. The maximum atomic E-state index is 13.0. The molecule has 20 heavy (non-hydrogen) atoms. The largest absolute Gasteiger partial charge is 0.332 e. The van der Waals surface area contributed by atoms with Crippen molar-refractivity contribution in [2.24, 2.45) is 0 Å². The van der Waals surface area contributed by atoms with E-state index in [0.29, 0.717) is 12.2 Å². The lowest BCUT2D eigenvalue weighted by Crippen LogP contribution is -2.28. The van der Waals surface area contributed by atoms with Crippen LogP contribution >= 0.6 is 11.6 Å². The van der Waals surface area contributed by atoms with Crippen LogP contribution in [0.5, 0.6) is 0 Å². The molecule has 0 bridgehead atoms. The number of nitrogens with zero attached hydrogens (tertiary/aromatic N) is 1. The Labute approximate surface area is 121 Å². The van der Waals surface area contributed by atoms with Gasteiger partial charge in [-0.1, -0.05) is 17.7 Å². The summed E-state index contributed by atoms with van der Waals surface area (Å²) in [4.78, 5) is 15.9. The van der Waals surface area contributed by atoms with Gasteiger partial charge >= 0.3 is 6.03 Å². The molecule has 1 aromatic heterocycles. The maximum Gasteiger partial charge on any atom is 0.319 e. The number of hydrogen-bond donors (Lipinski definition) is 2. The highest BCUT2D eigenvalue weighted by Crippen LogP contribution is 2.19. The number of carbonyl (C=O) groups is 1. The van der Waals surface area contributed by atoms with E-state index in [2.05, 4.69) is 15.6 Å². The predicted molar refractivity (Wildman–Crippen MR) is 76.2 cm³/mol. The van der Waals surface area contributed by atoms with Crippen LogP contribution in [0, 0.1) is 12.7 Å². The SMILES string of the molecule is Cc1cccc(CNC(=O)Nc2ccc(F)c(Cl)c2)n1. The Kier molecular flexibility index (Phi) is 4.53. The molecule has 2 N–H and O–H groups in total. The first-order valence-electron chi connectivity index (χ1n) is 5.97. The number of nitrogens with one attached hydrogen (secondary N) is 2. The molecule has 0 saturated carbocycles. The number of aromatic nitrogens is 1. The minimum Gasteiger partial charge on any atom is -0.332 e. The van der Waals surface area contributed by atoms with Gasteiger partial charge in [-0.3, -0.25) is 4.98 Å². The molecule has 0 aliphatic heterocycles. The fourth-order valence-corrected chi connectivity index (χ4v) is 1.80. The standard InChI is InChI=1S/C14H13ClFN3O/c1-9-3-2-4-11(18-9)8-17-14(20)19-10-5-6-13(16)12(15)7-10/h2-7H,8H2,1H3,(H2,17,19,20). The van der Waals surface area contributed by atoms with Crippen LogP contribution in [0.3, 0.4) is 0 Å². The molecule has 2 aromatic rings. The zero-order valence-electron chi connectivity index (χ0n) is 10.8. The summed E-state index contributed by atoms with van der Waals surface area (Å²) in [5.41, 5.74) is 2.07. The van der Waals surface area contributed by atoms with E-state index in [-0.39, 0.29) is 5.02 Å². The van der Waals surface area contributed by atoms with E-state index < -0.39 is 11.8 Å². The van der Waals surface area contributed by atoms with Crippen LogP contribution in [0.2, 0.25) is 5.02 Å². The van der Waals surface area contributed by atoms with Gasteiger partial charge in [-0.05, 0) is 37.3 Å². The van der Waals surface area contributed by atoms with Crippen LogP contribution in [0.4, 0.5) is 14.9 Å². The number of urea groups is 1. The number of carbonyl (C=O) groups excluding carboxylic acids is 1. The molecule has 6 heteroatoms. The van der Waals surface area contributed by atoms with Gasteiger partial charge in [0.25, 0.3) is 0 Å². The average Bonchev–Trinajstić information content (AvgIpc) is 2.41. The predicted octanol–water partition coefficient (Wildman–Crippen LogP) is 3.50. The summed E-state index contributed by atoms with van der Waals surface area (Å²) in [6.07, 6.45) is 0. The molecule has 2 rings (SSSR count). The smallest absolute Gasteiger partial charge is 0.319 e. The number of anilines is 1. The lowest BCUT2D eigenvalue weighted by molar-refractivity contribution is 0.251.